The molecule has 2 N–H and O–H groups in total. The lowest BCUT2D eigenvalue weighted by Crippen LogP contribution is -2.32. The third-order valence-electron chi connectivity index (χ3n) is 4.03. The molecule has 0 spiro atoms. The first-order valence-corrected chi connectivity index (χ1v) is 7.96. The van der Waals surface area contributed by atoms with E-state index in [1.165, 1.54) is 6.21 Å². The fourth-order valence-electron chi connectivity index (χ4n) is 2.69. The number of hydrogen-bond donors (Lipinski definition) is 2. The van der Waals surface area contributed by atoms with E-state index in [2.05, 4.69) is 9.98 Å². The predicted molar refractivity (Wildman–Crippen MR) is 95.9 cm³/mol. The lowest BCUT2D eigenvalue weighted by atomic mass is 10.0. The highest BCUT2D eigenvalue weighted by Gasteiger charge is 2.17. The zero-order chi connectivity index (χ0) is 18.0. The second-order valence-corrected chi connectivity index (χ2v) is 6.11. The molecule has 0 aliphatic heterocycles. The highest BCUT2D eigenvalue weighted by molar-refractivity contribution is 5.82. The summed E-state index contributed by atoms with van der Waals surface area (Å²) in [6.45, 7) is 9.57. The number of H-pyrrole nitrogens is 1. The highest BCUT2D eigenvalue weighted by atomic mass is 16.3. The number of aromatic nitrogens is 2. The minimum atomic E-state index is -0.673. The van der Waals surface area contributed by atoms with E-state index in [9.17, 15) is 14.7 Å². The molecule has 0 radical (unpaired) electrons. The van der Waals surface area contributed by atoms with Crippen molar-refractivity contribution in [3.63, 3.8) is 0 Å². The quantitative estimate of drug-likeness (QED) is 0.844. The number of benzene rings is 1. The van der Waals surface area contributed by atoms with Gasteiger partial charge in [-0.25, -0.2) is 9.36 Å². The van der Waals surface area contributed by atoms with Gasteiger partial charge in [0.25, 0.3) is 5.56 Å². The van der Waals surface area contributed by atoms with Crippen LogP contribution in [-0.2, 0) is 0 Å². The van der Waals surface area contributed by atoms with E-state index in [1.54, 1.807) is 0 Å². The van der Waals surface area contributed by atoms with Gasteiger partial charge in [0.05, 0.1) is 5.69 Å². The largest absolute Gasteiger partial charge is 0.493 e. The number of nitrogens with one attached hydrogen (secondary N) is 1. The van der Waals surface area contributed by atoms with E-state index in [1.807, 2.05) is 46.8 Å². The van der Waals surface area contributed by atoms with Crippen molar-refractivity contribution in [2.45, 2.75) is 47.1 Å². The van der Waals surface area contributed by atoms with E-state index >= 15 is 0 Å². The zero-order valence-corrected chi connectivity index (χ0v) is 14.7. The van der Waals surface area contributed by atoms with Crippen molar-refractivity contribution < 1.29 is 5.11 Å². The van der Waals surface area contributed by atoms with Gasteiger partial charge in [-0.3, -0.25) is 14.8 Å². The van der Waals surface area contributed by atoms with E-state index in [-0.39, 0.29) is 11.6 Å². The molecule has 2 aromatic rings. The van der Waals surface area contributed by atoms with Gasteiger partial charge in [0.1, 0.15) is 5.56 Å². The molecule has 0 bridgehead atoms. The van der Waals surface area contributed by atoms with Crippen LogP contribution in [0.15, 0.2) is 26.7 Å². The first kappa shape index (κ1) is 17.7. The maximum atomic E-state index is 12.3. The van der Waals surface area contributed by atoms with Crippen LogP contribution in [-0.4, -0.2) is 26.9 Å². The summed E-state index contributed by atoms with van der Waals surface area (Å²) in [5.41, 5.74) is 1.95. The topological polar surface area (TPSA) is 87.4 Å². The van der Waals surface area contributed by atoms with Crippen molar-refractivity contribution in [3.8, 4) is 11.6 Å². The van der Waals surface area contributed by atoms with Crippen LogP contribution in [0.4, 0.5) is 0 Å². The van der Waals surface area contributed by atoms with E-state index in [0.717, 1.165) is 27.7 Å². The molecule has 0 fully saturated rings. The van der Waals surface area contributed by atoms with Gasteiger partial charge in [0.2, 0.25) is 5.88 Å². The number of aryl methyl sites for hydroxylation is 3. The van der Waals surface area contributed by atoms with Crippen molar-refractivity contribution in [1.29, 1.82) is 0 Å². The smallest absolute Gasteiger partial charge is 0.335 e. The Morgan fingerprint density at radius 2 is 1.83 bits per heavy atom. The van der Waals surface area contributed by atoms with Gasteiger partial charge in [-0.2, -0.15) is 0 Å². The monoisotopic (exact) mass is 329 g/mol. The number of rotatable bonds is 4. The molecule has 6 nitrogen and oxygen atoms in total. The molecule has 0 saturated carbocycles. The maximum Gasteiger partial charge on any atom is 0.335 e. The van der Waals surface area contributed by atoms with Crippen LogP contribution < -0.4 is 11.2 Å². The molecular weight excluding hydrogens is 306 g/mol. The third-order valence-corrected chi connectivity index (χ3v) is 4.03. The van der Waals surface area contributed by atoms with Crippen molar-refractivity contribution in [2.75, 3.05) is 0 Å². The van der Waals surface area contributed by atoms with Crippen molar-refractivity contribution >= 4 is 6.21 Å². The van der Waals surface area contributed by atoms with Crippen LogP contribution in [0.5, 0.6) is 5.88 Å². The summed E-state index contributed by atoms with van der Waals surface area (Å²) in [5.74, 6) is -0.397. The Bertz CT molecular complexity index is 884. The summed E-state index contributed by atoms with van der Waals surface area (Å²) in [7, 11) is 0. The Balaban J connectivity index is 2.76. The van der Waals surface area contributed by atoms with Crippen molar-refractivity contribution in [2.24, 2.45) is 4.99 Å². The van der Waals surface area contributed by atoms with Gasteiger partial charge in [-0.15, -0.1) is 0 Å². The fraction of sp³-hybridized carbons (Fsp3) is 0.389. The first-order valence-electron chi connectivity index (χ1n) is 7.96. The van der Waals surface area contributed by atoms with Crippen LogP contribution in [0.2, 0.25) is 0 Å². The normalized spacial score (nSPS) is 12.7. The Hall–Kier alpha value is -2.63. The van der Waals surface area contributed by atoms with Gasteiger partial charge in [0.15, 0.2) is 0 Å². The Labute approximate surface area is 140 Å². The molecule has 1 aromatic carbocycles. The molecule has 0 amide bonds. The molecule has 0 aliphatic rings. The van der Waals surface area contributed by atoms with Crippen LogP contribution in [0, 0.1) is 20.8 Å². The van der Waals surface area contributed by atoms with E-state index < -0.39 is 17.1 Å². The Morgan fingerprint density at radius 1 is 1.25 bits per heavy atom. The summed E-state index contributed by atoms with van der Waals surface area (Å²) < 4.78 is 1.13. The molecular formula is C18H23N3O3. The van der Waals surface area contributed by atoms with Gasteiger partial charge in [-0.05, 0) is 45.2 Å². The average molecular weight is 329 g/mol. The SMILES string of the molecule is CC[C@@H](C)N=Cc1c(O)n(-c2c(C)cc(C)cc2C)c(=O)[nH]c1=O. The summed E-state index contributed by atoms with van der Waals surface area (Å²) in [6, 6.07) is 3.87. The summed E-state index contributed by atoms with van der Waals surface area (Å²) in [6.07, 6.45) is 2.14. The molecule has 1 heterocycles. The minimum absolute atomic E-state index is 0.0192. The summed E-state index contributed by atoms with van der Waals surface area (Å²) in [4.78, 5) is 30.8. The second kappa shape index (κ2) is 6.86. The van der Waals surface area contributed by atoms with E-state index in [0.29, 0.717) is 5.69 Å². The Morgan fingerprint density at radius 3 is 2.38 bits per heavy atom. The number of aromatic amines is 1. The van der Waals surface area contributed by atoms with Crippen LogP contribution >= 0.6 is 0 Å². The highest BCUT2D eigenvalue weighted by Crippen LogP contribution is 2.23. The van der Waals surface area contributed by atoms with Gasteiger partial charge >= 0.3 is 5.69 Å². The molecule has 2 rings (SSSR count). The molecule has 0 aliphatic carbocycles. The molecule has 1 aromatic heterocycles. The number of nitrogens with zero attached hydrogens (tertiary/aromatic N) is 2. The Kier molecular flexibility index (Phi) is 5.07. The molecule has 6 heteroatoms. The number of aromatic hydroxyl groups is 1. The first-order chi connectivity index (χ1) is 11.3. The van der Waals surface area contributed by atoms with Crippen LogP contribution in [0.25, 0.3) is 5.69 Å². The number of aliphatic imine (C=N–C) groups is 1. The van der Waals surface area contributed by atoms with E-state index in [4.69, 9.17) is 0 Å². The summed E-state index contributed by atoms with van der Waals surface area (Å²) in [5, 5.41) is 10.6. The summed E-state index contributed by atoms with van der Waals surface area (Å²) >= 11 is 0. The van der Waals surface area contributed by atoms with Crippen molar-refractivity contribution in [1.82, 2.24) is 9.55 Å². The number of hydrogen-bond acceptors (Lipinski definition) is 4. The van der Waals surface area contributed by atoms with Gasteiger partial charge in [-0.1, -0.05) is 24.6 Å². The second-order valence-electron chi connectivity index (χ2n) is 6.11. The third kappa shape index (κ3) is 3.32. The predicted octanol–water partition coefficient (Wildman–Crippen LogP) is 2.37. The van der Waals surface area contributed by atoms with Gasteiger partial charge < -0.3 is 5.11 Å². The fourth-order valence-corrected chi connectivity index (χ4v) is 2.69. The van der Waals surface area contributed by atoms with Gasteiger partial charge in [0, 0.05) is 12.3 Å². The molecule has 24 heavy (non-hydrogen) atoms. The molecule has 128 valence electrons. The lowest BCUT2D eigenvalue weighted by Gasteiger charge is -2.15. The minimum Gasteiger partial charge on any atom is -0.493 e. The molecule has 0 saturated heterocycles. The maximum absolute atomic E-state index is 12.3. The molecule has 0 unspecified atom stereocenters. The molecule has 1 atom stereocenters. The van der Waals surface area contributed by atoms with Crippen LogP contribution in [0.3, 0.4) is 0 Å². The van der Waals surface area contributed by atoms with Crippen molar-refractivity contribution in [3.05, 3.63) is 55.2 Å². The zero-order valence-electron chi connectivity index (χ0n) is 14.7. The van der Waals surface area contributed by atoms with Crippen LogP contribution in [0.1, 0.15) is 42.5 Å². The standard InChI is InChI=1S/C18H23N3O3/c1-6-13(5)19-9-14-16(22)20-18(24)21(17(14)23)15-11(3)7-10(2)8-12(15)4/h7-9,13,23H,6H2,1-5H3,(H,20,22,24)/t13-/m1/s1. The lowest BCUT2D eigenvalue weighted by molar-refractivity contribution is 0.429. The average Bonchev–Trinajstić information content (AvgIpc) is 2.48.